The monoisotopic (exact) mass is 308 g/mol. The van der Waals surface area contributed by atoms with E-state index in [4.69, 9.17) is 4.74 Å². The molecule has 114 valence electrons. The topological polar surface area (TPSA) is 96.8 Å². The Morgan fingerprint density at radius 3 is 2.83 bits per heavy atom. The summed E-state index contributed by atoms with van der Waals surface area (Å²) < 4.78 is 5.26. The SMILES string of the molecule is COc1ccc2[nH]cc(-c3nc4ccc([N+](=O)[O-])cc4[nH]3)c2c1. The first-order valence-electron chi connectivity index (χ1n) is 6.95. The highest BCUT2D eigenvalue weighted by atomic mass is 16.6. The van der Waals surface area contributed by atoms with Crippen LogP contribution in [0.15, 0.2) is 42.6 Å². The third-order valence-corrected chi connectivity index (χ3v) is 3.82. The van der Waals surface area contributed by atoms with Gasteiger partial charge in [0.1, 0.15) is 11.6 Å². The zero-order valence-electron chi connectivity index (χ0n) is 12.2. The fourth-order valence-corrected chi connectivity index (χ4v) is 2.66. The number of imidazole rings is 1. The van der Waals surface area contributed by atoms with E-state index in [2.05, 4.69) is 15.0 Å². The van der Waals surface area contributed by atoms with Crippen LogP contribution >= 0.6 is 0 Å². The smallest absolute Gasteiger partial charge is 0.271 e. The number of methoxy groups -OCH3 is 1. The summed E-state index contributed by atoms with van der Waals surface area (Å²) in [6.07, 6.45) is 1.86. The van der Waals surface area contributed by atoms with Crippen LogP contribution in [0.2, 0.25) is 0 Å². The molecule has 23 heavy (non-hydrogen) atoms. The van der Waals surface area contributed by atoms with Crippen molar-refractivity contribution in [1.29, 1.82) is 0 Å². The Morgan fingerprint density at radius 1 is 1.17 bits per heavy atom. The molecule has 2 heterocycles. The van der Waals surface area contributed by atoms with Crippen LogP contribution < -0.4 is 4.74 Å². The van der Waals surface area contributed by atoms with Crippen molar-refractivity contribution >= 4 is 27.6 Å². The molecule has 0 radical (unpaired) electrons. The number of aromatic amines is 2. The molecule has 0 aliphatic carbocycles. The van der Waals surface area contributed by atoms with E-state index in [0.29, 0.717) is 16.9 Å². The van der Waals surface area contributed by atoms with Crippen LogP contribution in [0.3, 0.4) is 0 Å². The summed E-state index contributed by atoms with van der Waals surface area (Å²) in [5, 5.41) is 11.8. The van der Waals surface area contributed by atoms with Gasteiger partial charge in [0.25, 0.3) is 5.69 Å². The van der Waals surface area contributed by atoms with Crippen LogP contribution in [0.5, 0.6) is 5.75 Å². The molecule has 0 aliphatic heterocycles. The summed E-state index contributed by atoms with van der Waals surface area (Å²) in [5.41, 5.74) is 3.20. The molecule has 0 amide bonds. The summed E-state index contributed by atoms with van der Waals surface area (Å²) in [7, 11) is 1.62. The summed E-state index contributed by atoms with van der Waals surface area (Å²) in [6, 6.07) is 10.3. The second kappa shape index (κ2) is 4.84. The highest BCUT2D eigenvalue weighted by Gasteiger charge is 2.13. The third-order valence-electron chi connectivity index (χ3n) is 3.82. The zero-order valence-corrected chi connectivity index (χ0v) is 12.2. The van der Waals surface area contributed by atoms with Crippen molar-refractivity contribution < 1.29 is 9.66 Å². The molecule has 7 nitrogen and oxygen atoms in total. The van der Waals surface area contributed by atoms with Gasteiger partial charge in [-0.15, -0.1) is 0 Å². The van der Waals surface area contributed by atoms with E-state index in [-0.39, 0.29) is 5.69 Å². The van der Waals surface area contributed by atoms with Crippen LogP contribution in [0.1, 0.15) is 0 Å². The van der Waals surface area contributed by atoms with Crippen molar-refractivity contribution in [1.82, 2.24) is 15.0 Å². The van der Waals surface area contributed by atoms with Gasteiger partial charge >= 0.3 is 0 Å². The normalized spacial score (nSPS) is 11.2. The Kier molecular flexibility index (Phi) is 2.80. The van der Waals surface area contributed by atoms with Crippen molar-refractivity contribution in [3.8, 4) is 17.1 Å². The summed E-state index contributed by atoms with van der Waals surface area (Å²) >= 11 is 0. The number of nitrogens with zero attached hydrogens (tertiary/aromatic N) is 2. The molecule has 4 aromatic rings. The zero-order chi connectivity index (χ0) is 16.0. The number of nitrogens with one attached hydrogen (secondary N) is 2. The van der Waals surface area contributed by atoms with Crippen molar-refractivity contribution in [2.45, 2.75) is 0 Å². The van der Waals surface area contributed by atoms with Gasteiger partial charge < -0.3 is 14.7 Å². The number of hydrogen-bond acceptors (Lipinski definition) is 4. The largest absolute Gasteiger partial charge is 0.497 e. The Balaban J connectivity index is 1.90. The molecule has 0 bridgehead atoms. The molecule has 2 aromatic carbocycles. The molecule has 0 saturated heterocycles. The first-order valence-corrected chi connectivity index (χ1v) is 6.95. The predicted molar refractivity (Wildman–Crippen MR) is 86.6 cm³/mol. The number of fused-ring (bicyclic) bond motifs is 2. The lowest BCUT2D eigenvalue weighted by molar-refractivity contribution is -0.384. The Morgan fingerprint density at radius 2 is 2.04 bits per heavy atom. The third kappa shape index (κ3) is 2.10. The van der Waals surface area contributed by atoms with Crippen molar-refractivity contribution in [2.75, 3.05) is 7.11 Å². The predicted octanol–water partition coefficient (Wildman–Crippen LogP) is 3.63. The second-order valence-electron chi connectivity index (χ2n) is 5.16. The number of nitro benzene ring substituents is 1. The first-order chi connectivity index (χ1) is 11.2. The van der Waals surface area contributed by atoms with Gasteiger partial charge in [-0.1, -0.05) is 0 Å². The highest BCUT2D eigenvalue weighted by Crippen LogP contribution is 2.31. The van der Waals surface area contributed by atoms with Gasteiger partial charge in [-0.2, -0.15) is 0 Å². The molecule has 0 aliphatic rings. The quantitative estimate of drug-likeness (QED) is 0.446. The minimum atomic E-state index is -0.420. The number of non-ortho nitro benzene ring substituents is 1. The minimum Gasteiger partial charge on any atom is -0.497 e. The van der Waals surface area contributed by atoms with Crippen LogP contribution in [0.25, 0.3) is 33.3 Å². The maximum Gasteiger partial charge on any atom is 0.271 e. The standard InChI is InChI=1S/C16H12N4O3/c1-23-10-3-5-13-11(7-10)12(8-17-13)16-18-14-4-2-9(20(21)22)6-15(14)19-16/h2-8,17H,1H3,(H,18,19). The van der Waals surface area contributed by atoms with Crippen LogP contribution in [0.4, 0.5) is 5.69 Å². The molecule has 0 spiro atoms. The van der Waals surface area contributed by atoms with Gasteiger partial charge in [0.05, 0.1) is 23.1 Å². The number of nitro groups is 1. The number of H-pyrrole nitrogens is 2. The van der Waals surface area contributed by atoms with E-state index in [0.717, 1.165) is 22.2 Å². The van der Waals surface area contributed by atoms with E-state index in [1.54, 1.807) is 13.2 Å². The van der Waals surface area contributed by atoms with E-state index in [1.165, 1.54) is 12.1 Å². The number of aromatic nitrogens is 3. The molecule has 4 rings (SSSR count). The fourth-order valence-electron chi connectivity index (χ4n) is 2.66. The molecule has 0 atom stereocenters. The maximum atomic E-state index is 10.9. The Labute approximate surface area is 130 Å². The maximum absolute atomic E-state index is 10.9. The molecule has 2 aromatic heterocycles. The molecule has 7 heteroatoms. The van der Waals surface area contributed by atoms with Gasteiger partial charge in [0, 0.05) is 34.8 Å². The van der Waals surface area contributed by atoms with E-state index in [1.807, 2.05) is 24.4 Å². The van der Waals surface area contributed by atoms with Crippen LogP contribution in [-0.4, -0.2) is 27.0 Å². The highest BCUT2D eigenvalue weighted by molar-refractivity contribution is 5.96. The summed E-state index contributed by atoms with van der Waals surface area (Å²) in [6.45, 7) is 0. The van der Waals surface area contributed by atoms with Gasteiger partial charge in [-0.25, -0.2) is 4.98 Å². The van der Waals surface area contributed by atoms with Gasteiger partial charge in [0.2, 0.25) is 0 Å². The molecular formula is C16H12N4O3. The number of benzene rings is 2. The lowest BCUT2D eigenvalue weighted by Gasteiger charge is -2.00. The minimum absolute atomic E-state index is 0.0355. The lowest BCUT2D eigenvalue weighted by Crippen LogP contribution is -1.86. The van der Waals surface area contributed by atoms with Gasteiger partial charge in [-0.3, -0.25) is 10.1 Å². The Hall–Kier alpha value is -3.35. The van der Waals surface area contributed by atoms with E-state index >= 15 is 0 Å². The molecular weight excluding hydrogens is 296 g/mol. The first kappa shape index (κ1) is 13.3. The molecule has 0 saturated carbocycles. The fraction of sp³-hybridized carbons (Fsp3) is 0.0625. The molecule has 0 unspecified atom stereocenters. The van der Waals surface area contributed by atoms with E-state index < -0.39 is 4.92 Å². The van der Waals surface area contributed by atoms with Crippen LogP contribution in [-0.2, 0) is 0 Å². The van der Waals surface area contributed by atoms with Gasteiger partial charge in [0.15, 0.2) is 0 Å². The molecule has 2 N–H and O–H groups in total. The summed E-state index contributed by atoms with van der Waals surface area (Å²) in [5.74, 6) is 1.41. The average molecular weight is 308 g/mol. The Bertz CT molecular complexity index is 1050. The van der Waals surface area contributed by atoms with E-state index in [9.17, 15) is 10.1 Å². The average Bonchev–Trinajstić information content (AvgIpc) is 3.16. The van der Waals surface area contributed by atoms with Gasteiger partial charge in [-0.05, 0) is 24.3 Å². The van der Waals surface area contributed by atoms with Crippen LogP contribution in [0, 0.1) is 10.1 Å². The number of rotatable bonds is 3. The molecule has 0 fully saturated rings. The van der Waals surface area contributed by atoms with Crippen molar-refractivity contribution in [3.05, 3.63) is 52.7 Å². The van der Waals surface area contributed by atoms with Crippen molar-refractivity contribution in [2.24, 2.45) is 0 Å². The summed E-state index contributed by atoms with van der Waals surface area (Å²) in [4.78, 5) is 21.3. The lowest BCUT2D eigenvalue weighted by atomic mass is 10.1. The number of hydrogen-bond donors (Lipinski definition) is 2. The second-order valence-corrected chi connectivity index (χ2v) is 5.16. The number of ether oxygens (including phenoxy) is 1. The van der Waals surface area contributed by atoms with Crippen molar-refractivity contribution in [3.63, 3.8) is 0 Å².